The van der Waals surface area contributed by atoms with E-state index in [0.717, 1.165) is 32.1 Å². The molecule has 0 saturated carbocycles. The summed E-state index contributed by atoms with van der Waals surface area (Å²) in [5, 5.41) is 15.1. The van der Waals surface area contributed by atoms with Crippen molar-refractivity contribution in [2.24, 2.45) is 23.2 Å². The van der Waals surface area contributed by atoms with E-state index in [2.05, 4.69) is 38.3 Å². The molecule has 1 spiro atoms. The highest BCUT2D eigenvalue weighted by atomic mass is 16.5. The number of carbonyl (C=O) groups is 3. The number of likely N-dealkylation sites (tertiary alicyclic amines) is 1. The van der Waals surface area contributed by atoms with Gasteiger partial charge in [-0.15, -0.1) is 0 Å². The van der Waals surface area contributed by atoms with E-state index in [9.17, 15) is 14.4 Å². The van der Waals surface area contributed by atoms with E-state index >= 15 is 0 Å². The third-order valence-corrected chi connectivity index (χ3v) is 8.33. The molecule has 0 aromatic heterocycles. The fourth-order valence-corrected chi connectivity index (χ4v) is 7.35. The Balaban J connectivity index is 1.96. The van der Waals surface area contributed by atoms with Gasteiger partial charge in [-0.05, 0) is 57.8 Å². The lowest BCUT2D eigenvalue weighted by Gasteiger charge is -2.38. The fraction of sp³-hybridized carbons (Fsp3) is 0.889. The summed E-state index contributed by atoms with van der Waals surface area (Å²) in [4.78, 5) is 42.7. The summed E-state index contributed by atoms with van der Waals surface area (Å²) in [6, 6.07) is -0.768. The van der Waals surface area contributed by atoms with Crippen LogP contribution >= 0.6 is 0 Å². The molecule has 3 aliphatic heterocycles. The van der Waals surface area contributed by atoms with Crippen LogP contribution < -0.4 is 10.6 Å². The van der Waals surface area contributed by atoms with Gasteiger partial charge in [0.05, 0.1) is 17.4 Å². The molecule has 3 unspecified atom stereocenters. The maximum absolute atomic E-state index is 14.0. The average Bonchev–Trinajstić information content (AvgIpc) is 3.22. The highest BCUT2D eigenvalue weighted by Crippen LogP contribution is 2.65. The van der Waals surface area contributed by atoms with Crippen LogP contribution in [0.25, 0.3) is 0 Å². The Hall–Kier alpha value is -1.67. The lowest BCUT2D eigenvalue weighted by Crippen LogP contribution is -2.59. The molecule has 0 aromatic carbocycles. The Morgan fingerprint density at radius 1 is 1.11 bits per heavy atom. The van der Waals surface area contributed by atoms with Crippen LogP contribution in [-0.4, -0.2) is 70.7 Å². The Morgan fingerprint density at radius 2 is 1.74 bits per heavy atom. The number of amides is 3. The Labute approximate surface area is 210 Å². The monoisotopic (exact) mass is 493 g/mol. The number of nitrogens with one attached hydrogen (secondary N) is 2. The molecule has 35 heavy (non-hydrogen) atoms. The number of carbonyl (C=O) groups excluding carboxylic acids is 3. The third kappa shape index (κ3) is 4.97. The van der Waals surface area contributed by atoms with Gasteiger partial charge >= 0.3 is 0 Å². The van der Waals surface area contributed by atoms with Crippen LogP contribution in [0.3, 0.4) is 0 Å². The van der Waals surface area contributed by atoms with Crippen molar-refractivity contribution in [3.63, 3.8) is 0 Å². The molecule has 2 bridgehead atoms. The molecule has 200 valence electrons. The van der Waals surface area contributed by atoms with E-state index in [0.29, 0.717) is 13.0 Å². The summed E-state index contributed by atoms with van der Waals surface area (Å²) in [6.07, 6.45) is 4.55. The van der Waals surface area contributed by atoms with E-state index in [1.165, 1.54) is 0 Å². The average molecular weight is 494 g/mol. The number of ether oxygens (including phenoxy) is 1. The van der Waals surface area contributed by atoms with Crippen LogP contribution in [0.15, 0.2) is 0 Å². The number of hydrogen-bond acceptors (Lipinski definition) is 5. The number of unbranched alkanes of at least 4 members (excludes halogenated alkanes) is 3. The number of aliphatic hydroxyl groups excluding tert-OH is 1. The second kappa shape index (κ2) is 9.66. The second-order valence-corrected chi connectivity index (χ2v) is 13.1. The van der Waals surface area contributed by atoms with Crippen molar-refractivity contribution in [2.75, 3.05) is 20.2 Å². The summed E-state index contributed by atoms with van der Waals surface area (Å²) < 4.78 is 6.70. The normalized spacial score (nSPS) is 34.3. The van der Waals surface area contributed by atoms with E-state index in [1.807, 2.05) is 20.8 Å². The van der Waals surface area contributed by atoms with Crippen molar-refractivity contribution in [2.45, 2.75) is 110 Å². The number of hydrogen-bond donors (Lipinski definition) is 3. The van der Waals surface area contributed by atoms with Crippen molar-refractivity contribution >= 4 is 17.7 Å². The predicted molar refractivity (Wildman–Crippen MR) is 134 cm³/mol. The molecule has 0 aromatic rings. The molecule has 6 atom stereocenters. The number of nitrogens with zero attached hydrogens (tertiary/aromatic N) is 1. The van der Waals surface area contributed by atoms with Crippen LogP contribution in [0.2, 0.25) is 0 Å². The van der Waals surface area contributed by atoms with Gasteiger partial charge < -0.3 is 25.4 Å². The van der Waals surface area contributed by atoms with Crippen molar-refractivity contribution in [3.8, 4) is 0 Å². The molecule has 3 aliphatic rings. The van der Waals surface area contributed by atoms with Gasteiger partial charge in [0.2, 0.25) is 17.7 Å². The topological polar surface area (TPSA) is 108 Å². The molecule has 0 radical (unpaired) electrons. The van der Waals surface area contributed by atoms with Crippen molar-refractivity contribution in [1.82, 2.24) is 15.5 Å². The minimum Gasteiger partial charge on any atom is -0.396 e. The quantitative estimate of drug-likeness (QED) is 0.406. The van der Waals surface area contributed by atoms with Gasteiger partial charge in [-0.25, -0.2) is 0 Å². The summed E-state index contributed by atoms with van der Waals surface area (Å²) in [5.41, 5.74) is -2.24. The van der Waals surface area contributed by atoms with E-state index in [1.54, 1.807) is 11.9 Å². The van der Waals surface area contributed by atoms with E-state index in [4.69, 9.17) is 9.84 Å². The summed E-state index contributed by atoms with van der Waals surface area (Å²) in [6.45, 7) is 15.0. The maximum Gasteiger partial charge on any atom is 0.246 e. The van der Waals surface area contributed by atoms with Crippen LogP contribution in [0.4, 0.5) is 0 Å². The number of aliphatic hydroxyl groups is 1. The smallest absolute Gasteiger partial charge is 0.246 e. The first-order chi connectivity index (χ1) is 16.1. The minimum absolute atomic E-state index is 0.0180. The van der Waals surface area contributed by atoms with Crippen molar-refractivity contribution in [1.29, 1.82) is 0 Å². The predicted octanol–water partition coefficient (Wildman–Crippen LogP) is 2.63. The molecule has 8 heteroatoms. The first kappa shape index (κ1) is 27.9. The molecule has 3 saturated heterocycles. The highest BCUT2D eigenvalue weighted by molar-refractivity contribution is 5.99. The molecule has 3 rings (SSSR count). The standard InChI is InChI=1S/C27H47N3O5/c1-17-15-27-19(18(21(32)28-8)26(17,7)35-27)23(34)30(13-11-9-10-12-14-31)20(27)22(33)29-25(5,6)16-24(2,3)4/h17-20,31H,9-16H2,1-8H3,(H,28,32)(H,29,33)/t17?,18-,19-,20?,26+,27?/m0/s1. The minimum atomic E-state index is -1.00. The zero-order valence-corrected chi connectivity index (χ0v) is 23.0. The van der Waals surface area contributed by atoms with Gasteiger partial charge in [-0.3, -0.25) is 14.4 Å². The van der Waals surface area contributed by atoms with Crippen molar-refractivity contribution in [3.05, 3.63) is 0 Å². The van der Waals surface area contributed by atoms with Gasteiger partial charge in [-0.1, -0.05) is 40.5 Å². The van der Waals surface area contributed by atoms with Gasteiger partial charge in [0.15, 0.2) is 0 Å². The van der Waals surface area contributed by atoms with Gasteiger partial charge in [0, 0.05) is 25.7 Å². The summed E-state index contributed by atoms with van der Waals surface area (Å²) in [7, 11) is 1.59. The Morgan fingerprint density at radius 3 is 2.31 bits per heavy atom. The molecule has 8 nitrogen and oxygen atoms in total. The van der Waals surface area contributed by atoms with Crippen molar-refractivity contribution < 1.29 is 24.2 Å². The van der Waals surface area contributed by atoms with Crippen LogP contribution in [0.5, 0.6) is 0 Å². The van der Waals surface area contributed by atoms with Crippen LogP contribution in [0.1, 0.15) is 87.0 Å². The largest absolute Gasteiger partial charge is 0.396 e. The zero-order chi connectivity index (χ0) is 26.4. The first-order valence-electron chi connectivity index (χ1n) is 13.3. The lowest BCUT2D eigenvalue weighted by molar-refractivity contribution is -0.148. The molecule has 0 aliphatic carbocycles. The molecule has 3 heterocycles. The second-order valence-electron chi connectivity index (χ2n) is 13.1. The maximum atomic E-state index is 14.0. The molecule has 3 N–H and O–H groups in total. The Kier molecular flexibility index (Phi) is 7.70. The number of rotatable bonds is 10. The summed E-state index contributed by atoms with van der Waals surface area (Å²) in [5.74, 6) is -1.79. The van der Waals surface area contributed by atoms with Gasteiger partial charge in [0.1, 0.15) is 11.6 Å². The highest BCUT2D eigenvalue weighted by Gasteiger charge is 2.79. The zero-order valence-electron chi connectivity index (χ0n) is 23.0. The third-order valence-electron chi connectivity index (χ3n) is 8.33. The fourth-order valence-electron chi connectivity index (χ4n) is 7.35. The molecule has 3 amide bonds. The molecular weight excluding hydrogens is 446 g/mol. The lowest BCUT2D eigenvalue weighted by atomic mass is 9.62. The Bertz CT molecular complexity index is 837. The SMILES string of the molecule is CNC(=O)[C@@H]1[C@H]2C(=O)N(CCCCCCO)C(C(=O)NC(C)(C)CC(C)(C)C)C23CC(C)[C@@]1(C)O3. The van der Waals surface area contributed by atoms with E-state index in [-0.39, 0.29) is 35.7 Å². The van der Waals surface area contributed by atoms with Gasteiger partial charge in [-0.2, -0.15) is 0 Å². The number of fused-ring (bicyclic) bond motifs is 1. The summed E-state index contributed by atoms with van der Waals surface area (Å²) >= 11 is 0. The molecule has 3 fully saturated rings. The van der Waals surface area contributed by atoms with Crippen LogP contribution in [-0.2, 0) is 19.1 Å². The van der Waals surface area contributed by atoms with Gasteiger partial charge in [0.25, 0.3) is 0 Å². The van der Waals surface area contributed by atoms with Crippen LogP contribution in [0, 0.1) is 23.2 Å². The first-order valence-corrected chi connectivity index (χ1v) is 13.3. The van der Waals surface area contributed by atoms with E-state index < -0.39 is 34.6 Å². The molecular formula is C27H47N3O5.